The molecule has 0 saturated carbocycles. The van der Waals surface area contributed by atoms with Crippen LogP contribution in [-0.4, -0.2) is 49.2 Å². The first-order valence-corrected chi connectivity index (χ1v) is 5.75. The molecule has 1 aliphatic rings. The van der Waals surface area contributed by atoms with Crippen molar-refractivity contribution < 1.29 is 9.90 Å². The van der Waals surface area contributed by atoms with Gasteiger partial charge in [-0.2, -0.15) is 0 Å². The lowest BCUT2D eigenvalue weighted by molar-refractivity contribution is -0.142. The summed E-state index contributed by atoms with van der Waals surface area (Å²) in [7, 11) is 2.11. The molecule has 0 amide bonds. The van der Waals surface area contributed by atoms with Gasteiger partial charge in [0.1, 0.15) is 0 Å². The van der Waals surface area contributed by atoms with E-state index in [9.17, 15) is 4.79 Å². The highest BCUT2D eigenvalue weighted by molar-refractivity contribution is 5.70. The van der Waals surface area contributed by atoms with Gasteiger partial charge < -0.3 is 15.3 Å². The minimum absolute atomic E-state index is 0.196. The third-order valence-corrected chi connectivity index (χ3v) is 2.97. The van der Waals surface area contributed by atoms with E-state index >= 15 is 0 Å². The Hall–Kier alpha value is -0.610. The summed E-state index contributed by atoms with van der Waals surface area (Å²) in [5.74, 6) is -0.375. The average Bonchev–Trinajstić information content (AvgIpc) is 2.18. The van der Waals surface area contributed by atoms with Crippen LogP contribution in [-0.2, 0) is 4.79 Å². The molecule has 88 valence electrons. The highest BCUT2D eigenvalue weighted by Crippen LogP contribution is 2.17. The summed E-state index contributed by atoms with van der Waals surface area (Å²) in [4.78, 5) is 13.1. The van der Waals surface area contributed by atoms with Gasteiger partial charge in [0.05, 0.1) is 5.92 Å². The number of nitrogens with zero attached hydrogens (tertiary/aromatic N) is 1. The zero-order chi connectivity index (χ0) is 11.3. The molecule has 4 nitrogen and oxygen atoms in total. The second-order valence-corrected chi connectivity index (χ2v) is 4.56. The Morgan fingerprint density at radius 3 is 2.87 bits per heavy atom. The lowest BCUT2D eigenvalue weighted by Crippen LogP contribution is -2.43. The predicted octanol–water partition coefficient (Wildman–Crippen LogP) is 0.639. The van der Waals surface area contributed by atoms with Crippen molar-refractivity contribution in [2.24, 2.45) is 11.8 Å². The van der Waals surface area contributed by atoms with Crippen LogP contribution < -0.4 is 5.32 Å². The Morgan fingerprint density at radius 1 is 1.53 bits per heavy atom. The first-order chi connectivity index (χ1) is 7.13. The second kappa shape index (κ2) is 6.08. The fourth-order valence-corrected chi connectivity index (χ4v) is 2.27. The van der Waals surface area contributed by atoms with Gasteiger partial charge in [0.2, 0.25) is 0 Å². The third kappa shape index (κ3) is 4.18. The van der Waals surface area contributed by atoms with Crippen LogP contribution in [0, 0.1) is 11.8 Å². The smallest absolute Gasteiger partial charge is 0.307 e. The molecule has 1 rings (SSSR count). The van der Waals surface area contributed by atoms with Crippen LogP contribution in [0.15, 0.2) is 0 Å². The van der Waals surface area contributed by atoms with E-state index in [0.29, 0.717) is 12.5 Å². The van der Waals surface area contributed by atoms with Crippen LogP contribution in [0.5, 0.6) is 0 Å². The fraction of sp³-hybridized carbons (Fsp3) is 0.909. The van der Waals surface area contributed by atoms with E-state index in [1.54, 1.807) is 0 Å². The molecule has 2 atom stereocenters. The van der Waals surface area contributed by atoms with Crippen LogP contribution in [0.25, 0.3) is 0 Å². The van der Waals surface area contributed by atoms with Crippen molar-refractivity contribution in [2.45, 2.75) is 19.8 Å². The SMILES string of the molecule is CCCN(C)CC1CNCC(C(=O)O)C1. The summed E-state index contributed by atoms with van der Waals surface area (Å²) in [5, 5.41) is 12.1. The third-order valence-electron chi connectivity index (χ3n) is 2.97. The maximum Gasteiger partial charge on any atom is 0.307 e. The van der Waals surface area contributed by atoms with Crippen LogP contribution in [0.3, 0.4) is 0 Å². The molecule has 15 heavy (non-hydrogen) atoms. The molecular formula is C11H22N2O2. The summed E-state index contributed by atoms with van der Waals surface area (Å²) in [6.45, 7) is 5.84. The zero-order valence-corrected chi connectivity index (χ0v) is 9.70. The lowest BCUT2D eigenvalue weighted by Gasteiger charge is -2.30. The molecule has 2 N–H and O–H groups in total. The second-order valence-electron chi connectivity index (χ2n) is 4.56. The van der Waals surface area contributed by atoms with Gasteiger partial charge in [-0.25, -0.2) is 0 Å². The molecule has 1 aliphatic heterocycles. The lowest BCUT2D eigenvalue weighted by atomic mass is 9.90. The Labute approximate surface area is 91.6 Å². The number of carbonyl (C=O) groups is 1. The molecule has 4 heteroatoms. The molecule has 0 spiro atoms. The molecule has 1 heterocycles. The maximum atomic E-state index is 10.9. The van der Waals surface area contributed by atoms with Gasteiger partial charge in [-0.3, -0.25) is 4.79 Å². The molecule has 0 bridgehead atoms. The van der Waals surface area contributed by atoms with E-state index in [4.69, 9.17) is 5.11 Å². The predicted molar refractivity (Wildman–Crippen MR) is 59.9 cm³/mol. The zero-order valence-electron chi connectivity index (χ0n) is 9.70. The summed E-state index contributed by atoms with van der Waals surface area (Å²) in [6, 6.07) is 0. The Morgan fingerprint density at radius 2 is 2.27 bits per heavy atom. The Balaban J connectivity index is 2.32. The molecule has 1 fully saturated rings. The molecule has 0 aromatic heterocycles. The largest absolute Gasteiger partial charge is 0.481 e. The van der Waals surface area contributed by atoms with Crippen molar-refractivity contribution in [3.05, 3.63) is 0 Å². The van der Waals surface area contributed by atoms with Crippen LogP contribution in [0.4, 0.5) is 0 Å². The fourth-order valence-electron chi connectivity index (χ4n) is 2.27. The first kappa shape index (κ1) is 12.5. The standard InChI is InChI=1S/C11H22N2O2/c1-3-4-13(2)8-9-5-10(11(14)15)7-12-6-9/h9-10,12H,3-8H2,1-2H3,(H,14,15). The minimum Gasteiger partial charge on any atom is -0.481 e. The molecular weight excluding hydrogens is 192 g/mol. The average molecular weight is 214 g/mol. The quantitative estimate of drug-likeness (QED) is 0.705. The number of nitrogens with one attached hydrogen (secondary N) is 1. The molecule has 0 aliphatic carbocycles. The van der Waals surface area contributed by atoms with Crippen LogP contribution in [0.2, 0.25) is 0 Å². The summed E-state index contributed by atoms with van der Waals surface area (Å²) < 4.78 is 0. The number of hydrogen-bond donors (Lipinski definition) is 2. The summed E-state index contributed by atoms with van der Waals surface area (Å²) in [6.07, 6.45) is 1.97. The van der Waals surface area contributed by atoms with E-state index in [1.807, 2.05) is 0 Å². The van der Waals surface area contributed by atoms with Gasteiger partial charge in [-0.15, -0.1) is 0 Å². The molecule has 0 aromatic rings. The number of carboxylic acid groups (broad SMARTS) is 1. The van der Waals surface area contributed by atoms with Crippen LogP contribution in [0.1, 0.15) is 19.8 Å². The van der Waals surface area contributed by atoms with E-state index < -0.39 is 5.97 Å². The number of aliphatic carboxylic acids is 1. The van der Waals surface area contributed by atoms with Crippen LogP contribution >= 0.6 is 0 Å². The van der Waals surface area contributed by atoms with Crippen molar-refractivity contribution >= 4 is 5.97 Å². The molecule has 2 unspecified atom stereocenters. The maximum absolute atomic E-state index is 10.9. The van der Waals surface area contributed by atoms with E-state index in [1.165, 1.54) is 0 Å². The number of hydrogen-bond acceptors (Lipinski definition) is 3. The number of piperidine rings is 1. The summed E-state index contributed by atoms with van der Waals surface area (Å²) in [5.41, 5.74) is 0. The topological polar surface area (TPSA) is 52.6 Å². The van der Waals surface area contributed by atoms with E-state index in [-0.39, 0.29) is 5.92 Å². The normalized spacial score (nSPS) is 26.9. The Kier molecular flexibility index (Phi) is 5.05. The van der Waals surface area contributed by atoms with Crippen molar-refractivity contribution in [3.63, 3.8) is 0 Å². The van der Waals surface area contributed by atoms with Gasteiger partial charge in [0, 0.05) is 13.1 Å². The van der Waals surface area contributed by atoms with Crippen molar-refractivity contribution in [1.29, 1.82) is 0 Å². The van der Waals surface area contributed by atoms with Gasteiger partial charge in [0.25, 0.3) is 0 Å². The van der Waals surface area contributed by atoms with E-state index in [2.05, 4.69) is 24.2 Å². The Bertz CT molecular complexity index is 209. The van der Waals surface area contributed by atoms with Crippen molar-refractivity contribution in [1.82, 2.24) is 10.2 Å². The van der Waals surface area contributed by atoms with E-state index in [0.717, 1.165) is 32.5 Å². The molecule has 0 radical (unpaired) electrons. The number of carboxylic acids is 1. The van der Waals surface area contributed by atoms with Gasteiger partial charge >= 0.3 is 5.97 Å². The monoisotopic (exact) mass is 214 g/mol. The van der Waals surface area contributed by atoms with Gasteiger partial charge in [-0.1, -0.05) is 6.92 Å². The van der Waals surface area contributed by atoms with Gasteiger partial charge in [-0.05, 0) is 38.9 Å². The molecule has 0 aromatic carbocycles. The highest BCUT2D eigenvalue weighted by atomic mass is 16.4. The first-order valence-electron chi connectivity index (χ1n) is 5.75. The summed E-state index contributed by atoms with van der Waals surface area (Å²) >= 11 is 0. The minimum atomic E-state index is -0.662. The number of rotatable bonds is 5. The van der Waals surface area contributed by atoms with Crippen molar-refractivity contribution in [3.8, 4) is 0 Å². The molecule has 1 saturated heterocycles. The van der Waals surface area contributed by atoms with Crippen molar-refractivity contribution in [2.75, 3.05) is 33.2 Å². The van der Waals surface area contributed by atoms with Gasteiger partial charge in [0.15, 0.2) is 0 Å². The highest BCUT2D eigenvalue weighted by Gasteiger charge is 2.26.